The summed E-state index contributed by atoms with van der Waals surface area (Å²) >= 11 is 0. The molecule has 0 fully saturated rings. The van der Waals surface area contributed by atoms with Gasteiger partial charge in [-0.15, -0.1) is 0 Å². The third-order valence-corrected chi connectivity index (χ3v) is 2.44. The van der Waals surface area contributed by atoms with Crippen molar-refractivity contribution in [1.29, 1.82) is 0 Å². The first kappa shape index (κ1) is 13.4. The van der Waals surface area contributed by atoms with Crippen LogP contribution in [-0.2, 0) is 20.7 Å². The molecule has 0 aliphatic carbocycles. The van der Waals surface area contributed by atoms with Crippen LogP contribution in [-0.4, -0.2) is 23.8 Å². The van der Waals surface area contributed by atoms with Gasteiger partial charge in [0.15, 0.2) is 0 Å². The van der Waals surface area contributed by atoms with Gasteiger partial charge in [0.1, 0.15) is 5.78 Å². The number of Topliss-reactive ketones (excluding diaryl/α,β-unsaturated/α-hetero) is 1. The topological polar surface area (TPSA) is 56.3 Å². The number of hydrogen-bond donors (Lipinski definition) is 0. The lowest BCUT2D eigenvalue weighted by Crippen LogP contribution is -2.04. The Morgan fingerprint density at radius 2 is 2.06 bits per heavy atom. The molecule has 0 N–H and O–H groups in total. The number of ketones is 1. The molecule has 1 aromatic rings. The second-order valence-corrected chi connectivity index (χ2v) is 3.86. The van der Waals surface area contributed by atoms with E-state index in [4.69, 9.17) is 0 Å². The van der Waals surface area contributed by atoms with E-state index in [1.54, 1.807) is 12.4 Å². The summed E-state index contributed by atoms with van der Waals surface area (Å²) in [6.45, 7) is 0. The second-order valence-electron chi connectivity index (χ2n) is 3.86. The molecule has 0 bridgehead atoms. The van der Waals surface area contributed by atoms with E-state index in [9.17, 15) is 9.59 Å². The molecule has 92 valence electrons. The van der Waals surface area contributed by atoms with Crippen LogP contribution in [0.3, 0.4) is 0 Å². The SMILES string of the molecule is COC(=O)CCCCC(=O)Cc1cccnc1. The molecule has 0 saturated carbocycles. The molecule has 1 rings (SSSR count). The Bertz CT molecular complexity index is 362. The molecule has 4 nitrogen and oxygen atoms in total. The van der Waals surface area contributed by atoms with Gasteiger partial charge in [-0.1, -0.05) is 6.07 Å². The Morgan fingerprint density at radius 1 is 1.29 bits per heavy atom. The van der Waals surface area contributed by atoms with Crippen LogP contribution in [0.1, 0.15) is 31.2 Å². The minimum absolute atomic E-state index is 0.183. The van der Waals surface area contributed by atoms with E-state index in [0.29, 0.717) is 25.7 Å². The highest BCUT2D eigenvalue weighted by atomic mass is 16.5. The zero-order valence-corrected chi connectivity index (χ0v) is 10.0. The standard InChI is InChI=1S/C13H17NO3/c1-17-13(16)7-3-2-6-12(15)9-11-5-4-8-14-10-11/h4-5,8,10H,2-3,6-7,9H2,1H3. The average molecular weight is 235 g/mol. The Kier molecular flexibility index (Phi) is 5.93. The fraction of sp³-hybridized carbons (Fsp3) is 0.462. The number of aromatic nitrogens is 1. The van der Waals surface area contributed by atoms with E-state index >= 15 is 0 Å². The average Bonchev–Trinajstić information content (AvgIpc) is 2.35. The molecule has 0 aliphatic heterocycles. The third kappa shape index (κ3) is 5.80. The van der Waals surface area contributed by atoms with Crippen molar-refractivity contribution in [3.63, 3.8) is 0 Å². The molecule has 1 aromatic heterocycles. The maximum atomic E-state index is 11.6. The number of carbonyl (C=O) groups excluding carboxylic acids is 2. The van der Waals surface area contributed by atoms with E-state index in [2.05, 4.69) is 9.72 Å². The van der Waals surface area contributed by atoms with E-state index in [-0.39, 0.29) is 11.8 Å². The van der Waals surface area contributed by atoms with Gasteiger partial charge in [-0.2, -0.15) is 0 Å². The Balaban J connectivity index is 2.16. The van der Waals surface area contributed by atoms with Crippen molar-refractivity contribution in [2.45, 2.75) is 32.1 Å². The van der Waals surface area contributed by atoms with Gasteiger partial charge < -0.3 is 4.74 Å². The molecule has 0 spiro atoms. The summed E-state index contributed by atoms with van der Waals surface area (Å²) in [5, 5.41) is 0. The summed E-state index contributed by atoms with van der Waals surface area (Å²) in [4.78, 5) is 26.4. The number of esters is 1. The van der Waals surface area contributed by atoms with Crippen molar-refractivity contribution < 1.29 is 14.3 Å². The quantitative estimate of drug-likeness (QED) is 0.535. The highest BCUT2D eigenvalue weighted by Gasteiger charge is 2.05. The fourth-order valence-electron chi connectivity index (χ4n) is 1.51. The third-order valence-electron chi connectivity index (χ3n) is 2.44. The molecule has 0 aromatic carbocycles. The zero-order valence-electron chi connectivity index (χ0n) is 10.0. The van der Waals surface area contributed by atoms with E-state index in [0.717, 1.165) is 12.0 Å². The largest absolute Gasteiger partial charge is 0.469 e. The molecule has 1 heterocycles. The van der Waals surface area contributed by atoms with Crippen molar-refractivity contribution in [2.24, 2.45) is 0 Å². The summed E-state index contributed by atoms with van der Waals surface area (Å²) in [7, 11) is 1.37. The molecule has 0 amide bonds. The number of unbranched alkanes of at least 4 members (excludes halogenated alkanes) is 1. The smallest absolute Gasteiger partial charge is 0.305 e. The molecule has 4 heteroatoms. The Hall–Kier alpha value is -1.71. The number of nitrogens with zero attached hydrogens (tertiary/aromatic N) is 1. The number of carbonyl (C=O) groups is 2. The first-order valence-electron chi connectivity index (χ1n) is 5.70. The lowest BCUT2D eigenvalue weighted by Gasteiger charge is -2.01. The predicted octanol–water partition coefficient (Wildman–Crippen LogP) is 1.93. The number of rotatable bonds is 7. The van der Waals surface area contributed by atoms with Crippen molar-refractivity contribution >= 4 is 11.8 Å². The highest BCUT2D eigenvalue weighted by Crippen LogP contribution is 2.05. The second kappa shape index (κ2) is 7.54. The molecule has 0 aliphatic rings. The number of hydrogen-bond acceptors (Lipinski definition) is 4. The fourth-order valence-corrected chi connectivity index (χ4v) is 1.51. The van der Waals surface area contributed by atoms with Crippen LogP contribution in [0.15, 0.2) is 24.5 Å². The highest BCUT2D eigenvalue weighted by molar-refractivity contribution is 5.80. The number of methoxy groups -OCH3 is 1. The van der Waals surface area contributed by atoms with Gasteiger partial charge in [0.05, 0.1) is 7.11 Å². The first-order chi connectivity index (χ1) is 8.22. The van der Waals surface area contributed by atoms with Crippen LogP contribution in [0.5, 0.6) is 0 Å². The first-order valence-corrected chi connectivity index (χ1v) is 5.70. The van der Waals surface area contributed by atoms with Crippen LogP contribution >= 0.6 is 0 Å². The van der Waals surface area contributed by atoms with Crippen LogP contribution in [0.2, 0.25) is 0 Å². The van der Waals surface area contributed by atoms with E-state index in [1.807, 2.05) is 12.1 Å². The van der Waals surface area contributed by atoms with Crippen molar-refractivity contribution in [2.75, 3.05) is 7.11 Å². The lowest BCUT2D eigenvalue weighted by atomic mass is 10.1. The summed E-state index contributed by atoms with van der Waals surface area (Å²) in [6.07, 6.45) is 6.13. The summed E-state index contributed by atoms with van der Waals surface area (Å²) in [6, 6.07) is 3.71. The van der Waals surface area contributed by atoms with Crippen LogP contribution in [0, 0.1) is 0 Å². The molecule has 0 saturated heterocycles. The van der Waals surface area contributed by atoms with Crippen molar-refractivity contribution in [3.05, 3.63) is 30.1 Å². The Morgan fingerprint density at radius 3 is 2.71 bits per heavy atom. The van der Waals surface area contributed by atoms with Gasteiger partial charge in [-0.25, -0.2) is 0 Å². The van der Waals surface area contributed by atoms with Crippen molar-refractivity contribution in [3.8, 4) is 0 Å². The van der Waals surface area contributed by atoms with Crippen LogP contribution in [0.25, 0.3) is 0 Å². The maximum Gasteiger partial charge on any atom is 0.305 e. The monoisotopic (exact) mass is 235 g/mol. The lowest BCUT2D eigenvalue weighted by molar-refractivity contribution is -0.140. The summed E-state index contributed by atoms with van der Waals surface area (Å²) < 4.78 is 4.52. The minimum Gasteiger partial charge on any atom is -0.469 e. The molecular formula is C13H17NO3. The molecule has 0 radical (unpaired) electrons. The maximum absolute atomic E-state index is 11.6. The van der Waals surface area contributed by atoms with E-state index < -0.39 is 0 Å². The van der Waals surface area contributed by atoms with E-state index in [1.165, 1.54) is 7.11 Å². The van der Waals surface area contributed by atoms with Crippen LogP contribution < -0.4 is 0 Å². The predicted molar refractivity (Wildman–Crippen MR) is 63.4 cm³/mol. The summed E-state index contributed by atoms with van der Waals surface area (Å²) in [5.41, 5.74) is 0.936. The van der Waals surface area contributed by atoms with Gasteiger partial charge in [0.2, 0.25) is 0 Å². The van der Waals surface area contributed by atoms with Gasteiger partial charge in [0.25, 0.3) is 0 Å². The molecule has 0 unspecified atom stereocenters. The molecule has 0 atom stereocenters. The van der Waals surface area contributed by atoms with Gasteiger partial charge >= 0.3 is 5.97 Å². The molecular weight excluding hydrogens is 218 g/mol. The van der Waals surface area contributed by atoms with Gasteiger partial charge in [-0.3, -0.25) is 14.6 Å². The summed E-state index contributed by atoms with van der Waals surface area (Å²) in [5.74, 6) is -0.0347. The van der Waals surface area contributed by atoms with Gasteiger partial charge in [0, 0.05) is 31.7 Å². The van der Waals surface area contributed by atoms with Crippen LogP contribution in [0.4, 0.5) is 0 Å². The zero-order chi connectivity index (χ0) is 12.5. The normalized spacial score (nSPS) is 9.94. The van der Waals surface area contributed by atoms with Gasteiger partial charge in [-0.05, 0) is 24.5 Å². The Labute approximate surface area is 101 Å². The number of ether oxygens (including phenoxy) is 1. The molecule has 17 heavy (non-hydrogen) atoms. The minimum atomic E-state index is -0.218. The van der Waals surface area contributed by atoms with Crippen molar-refractivity contribution in [1.82, 2.24) is 4.98 Å². The number of pyridine rings is 1.